The second-order valence-electron chi connectivity index (χ2n) is 4.78. The van der Waals surface area contributed by atoms with E-state index in [1.807, 2.05) is 18.2 Å². The summed E-state index contributed by atoms with van der Waals surface area (Å²) >= 11 is 1.41. The Bertz CT molecular complexity index is 920. The molecule has 0 aliphatic heterocycles. The average molecular weight is 311 g/mol. The van der Waals surface area contributed by atoms with Gasteiger partial charge in [0.15, 0.2) is 0 Å². The van der Waals surface area contributed by atoms with Gasteiger partial charge in [-0.3, -0.25) is 9.59 Å². The predicted octanol–water partition coefficient (Wildman–Crippen LogP) is 2.70. The first-order valence-electron chi connectivity index (χ1n) is 6.68. The number of hydrogen-bond acceptors (Lipinski definition) is 5. The zero-order valence-electron chi connectivity index (χ0n) is 12.1. The summed E-state index contributed by atoms with van der Waals surface area (Å²) in [4.78, 5) is 33.5. The Labute approximate surface area is 130 Å². The van der Waals surface area contributed by atoms with Gasteiger partial charge in [-0.15, -0.1) is 11.3 Å². The average Bonchev–Trinajstić information content (AvgIpc) is 2.54. The Kier molecular flexibility index (Phi) is 3.68. The van der Waals surface area contributed by atoms with Crippen LogP contribution in [0.1, 0.15) is 6.92 Å². The maximum absolute atomic E-state index is 12.1. The third-order valence-corrected chi connectivity index (χ3v) is 4.37. The summed E-state index contributed by atoms with van der Waals surface area (Å²) in [7, 11) is 1.66. The quantitative estimate of drug-likeness (QED) is 0.730. The van der Waals surface area contributed by atoms with E-state index in [1.165, 1.54) is 23.2 Å². The van der Waals surface area contributed by atoms with Crippen LogP contribution in [0.5, 0.6) is 0 Å². The molecule has 0 radical (unpaired) electrons. The van der Waals surface area contributed by atoms with E-state index in [0.717, 1.165) is 4.70 Å². The minimum atomic E-state index is -0.267. The lowest BCUT2D eigenvalue weighted by molar-refractivity contribution is -0.116. The second-order valence-corrected chi connectivity index (χ2v) is 5.81. The summed E-state index contributed by atoms with van der Waals surface area (Å²) in [5, 5.41) is 1.15. The number of anilines is 1. The van der Waals surface area contributed by atoms with Gasteiger partial charge in [0.05, 0.1) is 5.39 Å². The Morgan fingerprint density at radius 3 is 2.64 bits per heavy atom. The van der Waals surface area contributed by atoms with Gasteiger partial charge in [0.25, 0.3) is 5.56 Å². The molecule has 0 aliphatic carbocycles. The van der Waals surface area contributed by atoms with Crippen molar-refractivity contribution < 1.29 is 4.79 Å². The number of pyridine rings is 1. The van der Waals surface area contributed by atoms with Crippen LogP contribution in [0.3, 0.4) is 0 Å². The van der Waals surface area contributed by atoms with Gasteiger partial charge in [-0.05, 0) is 24.3 Å². The van der Waals surface area contributed by atoms with Gasteiger partial charge in [-0.1, -0.05) is 18.2 Å². The number of fused-ring (bicyclic) bond motifs is 1. The summed E-state index contributed by atoms with van der Waals surface area (Å²) in [6, 6.07) is 12.7. The van der Waals surface area contributed by atoms with Crippen LogP contribution in [0.4, 0.5) is 5.82 Å². The normalized spacial score (nSPS) is 10.6. The number of aromatic nitrogens is 2. The molecule has 1 amide bonds. The van der Waals surface area contributed by atoms with Crippen LogP contribution in [0.2, 0.25) is 0 Å². The lowest BCUT2D eigenvalue weighted by Gasteiger charge is -2.14. The van der Waals surface area contributed by atoms with Crippen molar-refractivity contribution in [1.29, 1.82) is 0 Å². The molecule has 0 aliphatic rings. The zero-order chi connectivity index (χ0) is 15.7. The molecule has 110 valence electrons. The highest BCUT2D eigenvalue weighted by Crippen LogP contribution is 2.25. The number of hydrogen-bond donors (Lipinski definition) is 0. The fourth-order valence-electron chi connectivity index (χ4n) is 2.01. The Hall–Kier alpha value is -2.60. The lowest BCUT2D eigenvalue weighted by atomic mass is 10.3. The highest BCUT2D eigenvalue weighted by atomic mass is 32.1. The number of benzene rings is 1. The maximum atomic E-state index is 12.1. The first-order chi connectivity index (χ1) is 10.6. The molecule has 0 unspecified atom stereocenters. The molecule has 0 atom stereocenters. The molecule has 0 fully saturated rings. The molecule has 2 heterocycles. The van der Waals surface area contributed by atoms with Gasteiger partial charge in [0.2, 0.25) is 5.91 Å². The van der Waals surface area contributed by atoms with Crippen LogP contribution >= 0.6 is 11.3 Å². The van der Waals surface area contributed by atoms with Crippen molar-refractivity contribution in [2.24, 2.45) is 0 Å². The highest BCUT2D eigenvalue weighted by molar-refractivity contribution is 7.21. The van der Waals surface area contributed by atoms with E-state index in [0.29, 0.717) is 21.9 Å². The first-order valence-corrected chi connectivity index (χ1v) is 7.49. The molecular weight excluding hydrogens is 298 g/mol. The van der Waals surface area contributed by atoms with E-state index in [2.05, 4.69) is 9.97 Å². The van der Waals surface area contributed by atoms with Crippen molar-refractivity contribution in [2.45, 2.75) is 6.92 Å². The van der Waals surface area contributed by atoms with Crippen molar-refractivity contribution in [3.05, 3.63) is 52.8 Å². The molecule has 0 bridgehead atoms. The van der Waals surface area contributed by atoms with Crippen LogP contribution < -0.4 is 10.5 Å². The minimum absolute atomic E-state index is 0.107. The third kappa shape index (κ3) is 2.60. The summed E-state index contributed by atoms with van der Waals surface area (Å²) in [6.07, 6.45) is 0. The molecular formula is C16H13N3O2S. The number of nitrogens with zero attached hydrogens (tertiary/aromatic N) is 3. The van der Waals surface area contributed by atoms with Crippen LogP contribution in [-0.2, 0) is 4.79 Å². The van der Waals surface area contributed by atoms with E-state index >= 15 is 0 Å². The van der Waals surface area contributed by atoms with Gasteiger partial charge in [0.1, 0.15) is 16.5 Å². The van der Waals surface area contributed by atoms with E-state index in [-0.39, 0.29) is 11.5 Å². The molecule has 0 saturated carbocycles. The largest absolute Gasteiger partial charge is 0.300 e. The maximum Gasteiger partial charge on any atom is 0.279 e. The standard InChI is InChI=1S/C16H13N3O2S/c1-10(20)19(2)14-9-5-7-12(17-14)16-18-15(21)11-6-3-4-8-13(11)22-16/h3-9H,1-2H3. The highest BCUT2D eigenvalue weighted by Gasteiger charge is 2.11. The van der Waals surface area contributed by atoms with Gasteiger partial charge >= 0.3 is 0 Å². The predicted molar refractivity (Wildman–Crippen MR) is 88.2 cm³/mol. The van der Waals surface area contributed by atoms with Crippen molar-refractivity contribution in [3.8, 4) is 10.7 Å². The number of carbonyl (C=O) groups is 1. The van der Waals surface area contributed by atoms with Gasteiger partial charge in [0, 0.05) is 18.7 Å². The molecule has 0 N–H and O–H groups in total. The first kappa shape index (κ1) is 14.3. The van der Waals surface area contributed by atoms with Crippen molar-refractivity contribution >= 4 is 33.1 Å². The molecule has 3 rings (SSSR count). The summed E-state index contributed by atoms with van der Waals surface area (Å²) < 4.78 is 0.865. The van der Waals surface area contributed by atoms with E-state index < -0.39 is 0 Å². The van der Waals surface area contributed by atoms with Crippen molar-refractivity contribution in [3.63, 3.8) is 0 Å². The van der Waals surface area contributed by atoms with Gasteiger partial charge < -0.3 is 4.90 Å². The van der Waals surface area contributed by atoms with E-state index in [9.17, 15) is 9.59 Å². The fraction of sp³-hybridized carbons (Fsp3) is 0.125. The van der Waals surface area contributed by atoms with Crippen molar-refractivity contribution in [2.75, 3.05) is 11.9 Å². The topological polar surface area (TPSA) is 63.2 Å². The van der Waals surface area contributed by atoms with Gasteiger partial charge in [-0.2, -0.15) is 4.98 Å². The number of carbonyl (C=O) groups excluding carboxylic acids is 1. The molecule has 6 heteroatoms. The molecule has 2 aromatic heterocycles. The Balaban J connectivity index is 2.14. The smallest absolute Gasteiger partial charge is 0.279 e. The third-order valence-electron chi connectivity index (χ3n) is 3.30. The number of rotatable bonds is 2. The fourth-order valence-corrected chi connectivity index (χ4v) is 2.98. The van der Waals surface area contributed by atoms with Crippen LogP contribution in [0.25, 0.3) is 20.8 Å². The van der Waals surface area contributed by atoms with Crippen LogP contribution in [-0.4, -0.2) is 22.9 Å². The van der Waals surface area contributed by atoms with Crippen molar-refractivity contribution in [1.82, 2.24) is 9.97 Å². The monoisotopic (exact) mass is 311 g/mol. The van der Waals surface area contributed by atoms with E-state index in [4.69, 9.17) is 0 Å². The molecule has 0 saturated heterocycles. The van der Waals surface area contributed by atoms with Crippen LogP contribution in [0, 0.1) is 0 Å². The lowest BCUT2D eigenvalue weighted by Crippen LogP contribution is -2.23. The summed E-state index contributed by atoms with van der Waals surface area (Å²) in [5.74, 6) is 0.420. The summed E-state index contributed by atoms with van der Waals surface area (Å²) in [5.41, 5.74) is 0.315. The Morgan fingerprint density at radius 1 is 1.09 bits per heavy atom. The molecule has 5 nitrogen and oxygen atoms in total. The molecule has 1 aromatic carbocycles. The SMILES string of the molecule is CC(=O)N(C)c1cccc(-c2nc(=O)c3ccccc3s2)n1. The molecule has 3 aromatic rings. The second kappa shape index (κ2) is 5.65. The summed E-state index contributed by atoms with van der Waals surface area (Å²) in [6.45, 7) is 1.47. The molecule has 0 spiro atoms. The zero-order valence-corrected chi connectivity index (χ0v) is 12.9. The van der Waals surface area contributed by atoms with Crippen LogP contribution in [0.15, 0.2) is 47.3 Å². The Morgan fingerprint density at radius 2 is 1.86 bits per heavy atom. The molecule has 22 heavy (non-hydrogen) atoms. The minimum Gasteiger partial charge on any atom is -0.300 e. The number of amides is 1. The van der Waals surface area contributed by atoms with E-state index in [1.54, 1.807) is 31.3 Å². The van der Waals surface area contributed by atoms with Gasteiger partial charge in [-0.25, -0.2) is 4.98 Å².